The third kappa shape index (κ3) is 6.13. The van der Waals surface area contributed by atoms with E-state index in [0.29, 0.717) is 32.5 Å². The van der Waals surface area contributed by atoms with E-state index in [-0.39, 0.29) is 44.0 Å². The quantitative estimate of drug-likeness (QED) is 0.368. The summed E-state index contributed by atoms with van der Waals surface area (Å²) in [6.07, 6.45) is 0.857. The maximum atomic E-state index is 13.7. The molecule has 40 heavy (non-hydrogen) atoms. The van der Waals surface area contributed by atoms with E-state index in [1.165, 1.54) is 0 Å². The predicted octanol–water partition coefficient (Wildman–Crippen LogP) is 4.39. The van der Waals surface area contributed by atoms with Crippen LogP contribution < -0.4 is 5.32 Å². The number of nitrogens with one attached hydrogen (secondary N) is 1. The molecule has 0 bridgehead atoms. The van der Waals surface area contributed by atoms with E-state index in [2.05, 4.69) is 5.32 Å². The Morgan fingerprint density at radius 2 is 1.60 bits per heavy atom. The molecule has 0 aliphatic carbocycles. The molecule has 2 aromatic rings. The summed E-state index contributed by atoms with van der Waals surface area (Å²) in [6.45, 7) is 8.80. The first kappa shape index (κ1) is 29.1. The number of carbonyl (C=O) groups is 4. The highest BCUT2D eigenvalue weighted by molar-refractivity contribution is 6.04. The molecule has 0 atom stereocenters. The number of rotatable bonds is 9. The molecule has 1 N–H and O–H groups in total. The van der Waals surface area contributed by atoms with Crippen LogP contribution in [0.5, 0.6) is 0 Å². The van der Waals surface area contributed by atoms with Gasteiger partial charge >= 0.3 is 18.0 Å². The first-order chi connectivity index (χ1) is 19.2. The van der Waals surface area contributed by atoms with Crippen LogP contribution in [-0.4, -0.2) is 66.0 Å². The van der Waals surface area contributed by atoms with Crippen molar-refractivity contribution in [3.8, 4) is 0 Å². The Hall–Kier alpha value is -3.88. The largest absolute Gasteiger partial charge is 0.465 e. The number of benzene rings is 2. The molecule has 2 aliphatic heterocycles. The normalized spacial score (nSPS) is 15.8. The van der Waals surface area contributed by atoms with Gasteiger partial charge in [-0.15, -0.1) is 0 Å². The van der Waals surface area contributed by atoms with E-state index in [1.54, 1.807) is 18.7 Å². The topological polar surface area (TPSA) is 105 Å². The summed E-state index contributed by atoms with van der Waals surface area (Å²) in [5.41, 5.74) is 2.96. The number of hydrogen-bond acceptors (Lipinski definition) is 6. The predicted molar refractivity (Wildman–Crippen MR) is 151 cm³/mol. The Morgan fingerprint density at radius 1 is 0.950 bits per heavy atom. The second-order valence-electron chi connectivity index (χ2n) is 10.6. The third-order valence-corrected chi connectivity index (χ3v) is 7.98. The van der Waals surface area contributed by atoms with Crippen molar-refractivity contribution in [3.63, 3.8) is 0 Å². The van der Waals surface area contributed by atoms with Crippen molar-refractivity contribution in [1.29, 1.82) is 0 Å². The fourth-order valence-corrected chi connectivity index (χ4v) is 5.55. The number of urea groups is 1. The van der Waals surface area contributed by atoms with Gasteiger partial charge in [-0.2, -0.15) is 0 Å². The highest BCUT2D eigenvalue weighted by atomic mass is 16.6. The molecular formula is C31H39N3O6. The summed E-state index contributed by atoms with van der Waals surface area (Å²) < 4.78 is 10.7. The van der Waals surface area contributed by atoms with E-state index < -0.39 is 17.4 Å². The lowest BCUT2D eigenvalue weighted by Gasteiger charge is -2.41. The minimum atomic E-state index is -1.79. The highest BCUT2D eigenvalue weighted by Crippen LogP contribution is 2.34. The van der Waals surface area contributed by atoms with E-state index >= 15 is 0 Å². The number of fused-ring (bicyclic) bond motifs is 1. The first-order valence-electron chi connectivity index (χ1n) is 14.0. The van der Waals surface area contributed by atoms with Crippen LogP contribution in [0.15, 0.2) is 42.5 Å². The maximum absolute atomic E-state index is 13.7. The Bertz CT molecular complexity index is 1250. The van der Waals surface area contributed by atoms with Gasteiger partial charge in [0.05, 0.1) is 19.6 Å². The zero-order valence-corrected chi connectivity index (χ0v) is 23.8. The Labute approximate surface area is 235 Å². The van der Waals surface area contributed by atoms with Crippen LogP contribution in [0, 0.1) is 19.3 Å². The van der Waals surface area contributed by atoms with Crippen LogP contribution >= 0.6 is 0 Å². The highest BCUT2D eigenvalue weighted by Gasteiger charge is 2.51. The van der Waals surface area contributed by atoms with Crippen molar-refractivity contribution < 1.29 is 28.7 Å². The number of likely N-dealkylation sites (tertiary alicyclic amines) is 1. The van der Waals surface area contributed by atoms with Gasteiger partial charge in [0.2, 0.25) is 5.91 Å². The van der Waals surface area contributed by atoms with Crippen LogP contribution in [0.1, 0.15) is 55.4 Å². The molecule has 3 amide bonds. The third-order valence-electron chi connectivity index (χ3n) is 7.98. The zero-order chi connectivity index (χ0) is 28.9. The van der Waals surface area contributed by atoms with Crippen LogP contribution in [0.25, 0.3) is 0 Å². The van der Waals surface area contributed by atoms with Crippen molar-refractivity contribution in [2.45, 2.75) is 66.0 Å². The molecule has 0 unspecified atom stereocenters. The molecule has 2 aliphatic rings. The number of piperidine rings is 1. The summed E-state index contributed by atoms with van der Waals surface area (Å²) >= 11 is 0. The number of carbonyl (C=O) groups excluding carboxylic acids is 4. The van der Waals surface area contributed by atoms with Crippen molar-refractivity contribution in [2.24, 2.45) is 5.41 Å². The lowest BCUT2D eigenvalue weighted by atomic mass is 9.77. The molecule has 9 nitrogen and oxygen atoms in total. The van der Waals surface area contributed by atoms with Gasteiger partial charge in [0.1, 0.15) is 0 Å². The summed E-state index contributed by atoms with van der Waals surface area (Å²) in [5, 5.41) is 2.96. The van der Waals surface area contributed by atoms with Crippen LogP contribution in [0.2, 0.25) is 0 Å². The number of anilines is 1. The van der Waals surface area contributed by atoms with Crippen molar-refractivity contribution in [2.75, 3.05) is 31.6 Å². The van der Waals surface area contributed by atoms with Crippen LogP contribution in [0.3, 0.4) is 0 Å². The van der Waals surface area contributed by atoms with Gasteiger partial charge in [-0.1, -0.05) is 36.4 Å². The van der Waals surface area contributed by atoms with Crippen molar-refractivity contribution >= 4 is 29.6 Å². The molecule has 2 heterocycles. The summed E-state index contributed by atoms with van der Waals surface area (Å²) in [6, 6.07) is 13.3. The smallest absolute Gasteiger partial charge is 0.324 e. The van der Waals surface area contributed by atoms with Gasteiger partial charge in [-0.05, 0) is 75.3 Å². The van der Waals surface area contributed by atoms with Crippen molar-refractivity contribution in [3.05, 3.63) is 64.7 Å². The van der Waals surface area contributed by atoms with Crippen LogP contribution in [0.4, 0.5) is 10.5 Å². The Balaban J connectivity index is 1.51. The molecule has 4 rings (SSSR count). The number of ether oxygens (including phenoxy) is 2. The molecule has 214 valence electrons. The monoisotopic (exact) mass is 549 g/mol. The SMILES string of the molecule is CCOC(=O)C(CC(=O)N1CCC(N2Cc3ccccc3NC2=O)CC1)(Cc1ccc(C)c(C)c1)C(=O)OCC. The number of aryl methyl sites for hydroxylation is 2. The van der Waals surface area contributed by atoms with Crippen molar-refractivity contribution in [1.82, 2.24) is 9.80 Å². The van der Waals surface area contributed by atoms with E-state index in [1.807, 2.05) is 61.2 Å². The number of para-hydroxylation sites is 1. The lowest BCUT2D eigenvalue weighted by molar-refractivity contribution is -0.175. The molecule has 0 saturated carbocycles. The standard InChI is InChI=1S/C31H39N3O6/c1-5-39-28(36)31(29(37)40-6-2,18-23-12-11-21(3)22(4)17-23)19-27(35)33-15-13-25(14-16-33)34-20-24-9-7-8-10-26(24)32-30(34)38/h7-12,17,25H,5-6,13-16,18-20H2,1-4H3,(H,32,38). The number of nitrogens with zero attached hydrogens (tertiary/aromatic N) is 2. The fraction of sp³-hybridized carbons (Fsp3) is 0.484. The average Bonchev–Trinajstić information content (AvgIpc) is 2.94. The summed E-state index contributed by atoms with van der Waals surface area (Å²) in [4.78, 5) is 56.8. The van der Waals surface area contributed by atoms with Gasteiger partial charge in [-0.3, -0.25) is 14.4 Å². The van der Waals surface area contributed by atoms with E-state index in [9.17, 15) is 19.2 Å². The molecule has 9 heteroatoms. The zero-order valence-electron chi connectivity index (χ0n) is 23.8. The minimum absolute atomic E-state index is 0.00134. The number of hydrogen-bond donors (Lipinski definition) is 1. The van der Waals surface area contributed by atoms with Gasteiger partial charge in [0, 0.05) is 31.4 Å². The first-order valence-corrected chi connectivity index (χ1v) is 14.0. The number of esters is 2. The molecule has 0 spiro atoms. The Kier molecular flexibility index (Phi) is 9.12. The maximum Gasteiger partial charge on any atom is 0.324 e. The second kappa shape index (κ2) is 12.5. The average molecular weight is 550 g/mol. The fourth-order valence-electron chi connectivity index (χ4n) is 5.55. The van der Waals surface area contributed by atoms with Crippen LogP contribution in [-0.2, 0) is 36.8 Å². The molecule has 1 fully saturated rings. The second-order valence-corrected chi connectivity index (χ2v) is 10.6. The van der Waals surface area contributed by atoms with Gasteiger partial charge < -0.3 is 24.6 Å². The van der Waals surface area contributed by atoms with E-state index in [0.717, 1.165) is 27.9 Å². The summed E-state index contributed by atoms with van der Waals surface area (Å²) in [7, 11) is 0. The lowest BCUT2D eigenvalue weighted by Crippen LogP contribution is -2.53. The molecule has 1 saturated heterocycles. The molecular weight excluding hydrogens is 510 g/mol. The van der Waals surface area contributed by atoms with Gasteiger partial charge in [0.15, 0.2) is 5.41 Å². The summed E-state index contributed by atoms with van der Waals surface area (Å²) in [5.74, 6) is -1.81. The molecule has 0 aromatic heterocycles. The minimum Gasteiger partial charge on any atom is -0.465 e. The van der Waals surface area contributed by atoms with E-state index in [4.69, 9.17) is 9.47 Å². The molecule has 2 aromatic carbocycles. The number of amides is 3. The molecule has 0 radical (unpaired) electrons. The van der Waals surface area contributed by atoms with Gasteiger partial charge in [-0.25, -0.2) is 4.79 Å². The van der Waals surface area contributed by atoms with Gasteiger partial charge in [0.25, 0.3) is 0 Å². The Morgan fingerprint density at radius 3 is 2.23 bits per heavy atom.